The van der Waals surface area contributed by atoms with Gasteiger partial charge < -0.3 is 10.4 Å². The largest absolute Gasteiger partial charge is 0.388 e. The molecule has 1 fully saturated rings. The molecule has 2 N–H and O–H groups in total. The summed E-state index contributed by atoms with van der Waals surface area (Å²) in [6, 6.07) is 0.292. The highest BCUT2D eigenvalue weighted by Crippen LogP contribution is 2.36. The summed E-state index contributed by atoms with van der Waals surface area (Å²) in [7, 11) is 1.99. The van der Waals surface area contributed by atoms with Crippen LogP contribution in [-0.2, 0) is 0 Å². The monoisotopic (exact) mass is 199 g/mol. The summed E-state index contributed by atoms with van der Waals surface area (Å²) in [5, 5.41) is 13.9. The Hall–Kier alpha value is -0.0800. The van der Waals surface area contributed by atoms with E-state index >= 15 is 0 Å². The van der Waals surface area contributed by atoms with Gasteiger partial charge in [-0.05, 0) is 25.8 Å². The second-order valence-corrected chi connectivity index (χ2v) is 4.65. The molecule has 0 heterocycles. The molecule has 2 heteroatoms. The third-order valence-electron chi connectivity index (χ3n) is 3.88. The fourth-order valence-corrected chi connectivity index (χ4v) is 3.00. The van der Waals surface area contributed by atoms with Crippen molar-refractivity contribution in [3.63, 3.8) is 0 Å². The maximum Gasteiger partial charge on any atom is 0.0802 e. The molecule has 2 nitrogen and oxygen atoms in total. The number of aliphatic hydroxyl groups is 1. The first-order valence-electron chi connectivity index (χ1n) is 6.07. The van der Waals surface area contributed by atoms with E-state index in [0.29, 0.717) is 12.0 Å². The van der Waals surface area contributed by atoms with Crippen molar-refractivity contribution in [2.75, 3.05) is 7.05 Å². The first-order chi connectivity index (χ1) is 6.68. The second-order valence-electron chi connectivity index (χ2n) is 4.65. The van der Waals surface area contributed by atoms with Crippen LogP contribution >= 0.6 is 0 Å². The van der Waals surface area contributed by atoms with E-state index in [2.05, 4.69) is 19.2 Å². The lowest BCUT2D eigenvalue weighted by atomic mass is 9.80. The van der Waals surface area contributed by atoms with Gasteiger partial charge in [0, 0.05) is 6.04 Å². The molecule has 0 bridgehead atoms. The fraction of sp³-hybridized carbons (Fsp3) is 1.00. The molecule has 1 aliphatic carbocycles. The Morgan fingerprint density at radius 2 is 1.71 bits per heavy atom. The molecular weight excluding hydrogens is 174 g/mol. The predicted octanol–water partition coefficient (Wildman–Crippen LogP) is 2.32. The van der Waals surface area contributed by atoms with Gasteiger partial charge in [0.15, 0.2) is 0 Å². The predicted molar refractivity (Wildman–Crippen MR) is 60.3 cm³/mol. The molecule has 0 aromatic heterocycles. The lowest BCUT2D eigenvalue weighted by molar-refractivity contribution is -0.0120. The van der Waals surface area contributed by atoms with Crippen molar-refractivity contribution in [1.82, 2.24) is 5.32 Å². The lowest BCUT2D eigenvalue weighted by Crippen LogP contribution is -2.52. The van der Waals surface area contributed by atoms with E-state index in [1.165, 1.54) is 12.8 Å². The number of rotatable bonds is 5. The summed E-state index contributed by atoms with van der Waals surface area (Å²) in [5.41, 5.74) is -0.425. The molecule has 1 rings (SSSR count). The Balaban J connectivity index is 2.68. The number of likely N-dealkylation sites (N-methyl/N-ethyl adjacent to an activating group) is 1. The van der Waals surface area contributed by atoms with E-state index in [4.69, 9.17) is 0 Å². The van der Waals surface area contributed by atoms with Gasteiger partial charge in [0.2, 0.25) is 0 Å². The minimum absolute atomic E-state index is 0.292. The standard InChI is InChI=1S/C12H25NO/c1-4-10(5-2)11(13-3)12(14)8-6-7-9-12/h10-11,13-14H,4-9H2,1-3H3. The minimum Gasteiger partial charge on any atom is -0.388 e. The quantitative estimate of drug-likeness (QED) is 0.712. The van der Waals surface area contributed by atoms with Crippen molar-refractivity contribution in [3.05, 3.63) is 0 Å². The van der Waals surface area contributed by atoms with E-state index in [0.717, 1.165) is 25.7 Å². The van der Waals surface area contributed by atoms with Gasteiger partial charge in [-0.25, -0.2) is 0 Å². The zero-order valence-corrected chi connectivity index (χ0v) is 9.84. The van der Waals surface area contributed by atoms with Crippen LogP contribution in [0.15, 0.2) is 0 Å². The molecule has 84 valence electrons. The fourth-order valence-electron chi connectivity index (χ4n) is 3.00. The molecule has 0 aromatic rings. The summed E-state index contributed by atoms with van der Waals surface area (Å²) in [6.45, 7) is 4.44. The maximum absolute atomic E-state index is 10.5. The Labute approximate surface area is 88.1 Å². The van der Waals surface area contributed by atoms with Crippen LogP contribution in [-0.4, -0.2) is 23.8 Å². The van der Waals surface area contributed by atoms with Crippen LogP contribution in [0.1, 0.15) is 52.4 Å². The number of hydrogen-bond acceptors (Lipinski definition) is 2. The summed E-state index contributed by atoms with van der Waals surface area (Å²) in [6.07, 6.45) is 6.66. The molecule has 0 amide bonds. The Morgan fingerprint density at radius 3 is 2.07 bits per heavy atom. The van der Waals surface area contributed by atoms with Gasteiger partial charge in [0.05, 0.1) is 5.60 Å². The van der Waals surface area contributed by atoms with E-state index in [1.807, 2.05) is 7.05 Å². The van der Waals surface area contributed by atoms with E-state index in [-0.39, 0.29) is 0 Å². The zero-order valence-electron chi connectivity index (χ0n) is 9.84. The van der Waals surface area contributed by atoms with Crippen molar-refractivity contribution in [2.24, 2.45) is 5.92 Å². The van der Waals surface area contributed by atoms with Crippen molar-refractivity contribution in [3.8, 4) is 0 Å². The van der Waals surface area contributed by atoms with Gasteiger partial charge in [0.25, 0.3) is 0 Å². The second kappa shape index (κ2) is 5.13. The van der Waals surface area contributed by atoms with E-state index < -0.39 is 5.60 Å². The Bertz CT molecular complexity index is 160. The molecule has 1 atom stereocenters. The average Bonchev–Trinajstić information content (AvgIpc) is 2.62. The van der Waals surface area contributed by atoms with Crippen LogP contribution in [0.3, 0.4) is 0 Å². The van der Waals surface area contributed by atoms with Gasteiger partial charge in [-0.3, -0.25) is 0 Å². The molecule has 14 heavy (non-hydrogen) atoms. The van der Waals surface area contributed by atoms with Crippen molar-refractivity contribution in [1.29, 1.82) is 0 Å². The highest BCUT2D eigenvalue weighted by Gasteiger charge is 2.41. The Kier molecular flexibility index (Phi) is 4.39. The number of nitrogens with one attached hydrogen (secondary N) is 1. The topological polar surface area (TPSA) is 32.3 Å². The van der Waals surface area contributed by atoms with E-state index in [9.17, 15) is 5.11 Å². The van der Waals surface area contributed by atoms with Crippen LogP contribution < -0.4 is 5.32 Å². The molecule has 1 aliphatic rings. The molecule has 0 aliphatic heterocycles. The van der Waals surface area contributed by atoms with Gasteiger partial charge in [0.1, 0.15) is 0 Å². The van der Waals surface area contributed by atoms with Crippen molar-refractivity contribution in [2.45, 2.75) is 64.0 Å². The molecule has 0 radical (unpaired) electrons. The third kappa shape index (κ3) is 2.29. The Morgan fingerprint density at radius 1 is 1.21 bits per heavy atom. The van der Waals surface area contributed by atoms with Crippen LogP contribution in [0.25, 0.3) is 0 Å². The molecule has 1 saturated carbocycles. The first kappa shape index (κ1) is 12.0. The van der Waals surface area contributed by atoms with Crippen LogP contribution in [0.4, 0.5) is 0 Å². The minimum atomic E-state index is -0.425. The van der Waals surface area contributed by atoms with Crippen LogP contribution in [0.2, 0.25) is 0 Å². The summed E-state index contributed by atoms with van der Waals surface area (Å²) < 4.78 is 0. The average molecular weight is 199 g/mol. The molecule has 1 unspecified atom stereocenters. The third-order valence-corrected chi connectivity index (χ3v) is 3.88. The maximum atomic E-state index is 10.5. The highest BCUT2D eigenvalue weighted by molar-refractivity contribution is 4.97. The van der Waals surface area contributed by atoms with E-state index in [1.54, 1.807) is 0 Å². The summed E-state index contributed by atoms with van der Waals surface area (Å²) >= 11 is 0. The van der Waals surface area contributed by atoms with Crippen molar-refractivity contribution >= 4 is 0 Å². The molecule has 0 saturated heterocycles. The van der Waals surface area contributed by atoms with Crippen molar-refractivity contribution < 1.29 is 5.11 Å². The molecular formula is C12H25NO. The summed E-state index contributed by atoms with van der Waals surface area (Å²) in [4.78, 5) is 0. The summed E-state index contributed by atoms with van der Waals surface area (Å²) in [5.74, 6) is 0.614. The number of hydrogen-bond donors (Lipinski definition) is 2. The normalized spacial score (nSPS) is 22.9. The van der Waals surface area contributed by atoms with Crippen LogP contribution in [0.5, 0.6) is 0 Å². The van der Waals surface area contributed by atoms with Gasteiger partial charge in [-0.2, -0.15) is 0 Å². The first-order valence-corrected chi connectivity index (χ1v) is 6.07. The molecule has 0 spiro atoms. The smallest absolute Gasteiger partial charge is 0.0802 e. The highest BCUT2D eigenvalue weighted by atomic mass is 16.3. The SMILES string of the molecule is CCC(CC)C(NC)C1(O)CCCC1. The van der Waals surface area contributed by atoms with Gasteiger partial charge in [-0.1, -0.05) is 39.5 Å². The van der Waals surface area contributed by atoms with Gasteiger partial charge in [-0.15, -0.1) is 0 Å². The van der Waals surface area contributed by atoms with Gasteiger partial charge >= 0.3 is 0 Å². The van der Waals surface area contributed by atoms with Crippen LogP contribution in [0, 0.1) is 5.92 Å². The zero-order chi connectivity index (χ0) is 10.6. The molecule has 0 aromatic carbocycles. The lowest BCUT2D eigenvalue weighted by Gasteiger charge is -2.37.